The number of hydrogen-bond acceptors (Lipinski definition) is 3. The van der Waals surface area contributed by atoms with Crippen LogP contribution in [0.15, 0.2) is 97.1 Å². The molecule has 0 fully saturated rings. The fraction of sp³-hybridized carbons (Fsp3) is 0.0968. The standard InChI is InChI=1S/C31H26FN3O2/c32-26-10-6-9-23(19-26)27(17-21-7-2-1-3-8-21)31(37)35-16-15-22-13-14-24(18-25(22)20-35)30(36)34-29-12-5-4-11-28(29)33/h1-14,17-19H,15-16,20,33H2,(H,34,36)/b27-17+. The van der Waals surface area contributed by atoms with E-state index in [1.54, 1.807) is 47.4 Å². The number of nitrogen functional groups attached to an aromatic ring is 1. The minimum Gasteiger partial charge on any atom is -0.397 e. The molecular formula is C31H26FN3O2. The molecule has 6 heteroatoms. The number of anilines is 2. The summed E-state index contributed by atoms with van der Waals surface area (Å²) >= 11 is 0. The average Bonchev–Trinajstić information content (AvgIpc) is 2.92. The van der Waals surface area contributed by atoms with Gasteiger partial charge < -0.3 is 16.0 Å². The molecule has 0 bridgehead atoms. The quantitative estimate of drug-likeness (QED) is 0.211. The van der Waals surface area contributed by atoms with Gasteiger partial charge in [0.1, 0.15) is 5.82 Å². The van der Waals surface area contributed by atoms with E-state index in [2.05, 4.69) is 5.32 Å². The van der Waals surface area contributed by atoms with Crippen molar-refractivity contribution in [1.29, 1.82) is 0 Å². The van der Waals surface area contributed by atoms with Gasteiger partial charge in [0.05, 0.1) is 11.4 Å². The molecular weight excluding hydrogens is 465 g/mol. The van der Waals surface area contributed by atoms with Crippen LogP contribution in [0.5, 0.6) is 0 Å². The van der Waals surface area contributed by atoms with Crippen molar-refractivity contribution in [3.05, 3.63) is 131 Å². The van der Waals surface area contributed by atoms with Crippen LogP contribution < -0.4 is 11.1 Å². The third kappa shape index (κ3) is 5.43. The Hall–Kier alpha value is -4.71. The summed E-state index contributed by atoms with van der Waals surface area (Å²) < 4.78 is 14.1. The summed E-state index contributed by atoms with van der Waals surface area (Å²) in [5, 5.41) is 2.85. The molecule has 1 aliphatic rings. The molecule has 0 radical (unpaired) electrons. The summed E-state index contributed by atoms with van der Waals surface area (Å²) in [5.41, 5.74) is 11.3. The Bertz CT molecular complexity index is 1500. The maximum absolute atomic E-state index is 14.1. The van der Waals surface area contributed by atoms with Gasteiger partial charge in [-0.3, -0.25) is 9.59 Å². The van der Waals surface area contributed by atoms with Crippen molar-refractivity contribution in [3.63, 3.8) is 0 Å². The normalized spacial score (nSPS) is 13.1. The van der Waals surface area contributed by atoms with E-state index in [1.165, 1.54) is 12.1 Å². The van der Waals surface area contributed by atoms with Gasteiger partial charge in [0, 0.05) is 24.2 Å². The minimum atomic E-state index is -0.400. The molecule has 37 heavy (non-hydrogen) atoms. The van der Waals surface area contributed by atoms with Gasteiger partial charge >= 0.3 is 0 Å². The van der Waals surface area contributed by atoms with E-state index >= 15 is 0 Å². The zero-order valence-electron chi connectivity index (χ0n) is 20.2. The summed E-state index contributed by atoms with van der Waals surface area (Å²) in [5.74, 6) is -0.858. The molecule has 4 aromatic carbocycles. The van der Waals surface area contributed by atoms with Crippen LogP contribution in [0.3, 0.4) is 0 Å². The molecule has 3 N–H and O–H groups in total. The Morgan fingerprint density at radius 2 is 1.62 bits per heavy atom. The maximum Gasteiger partial charge on any atom is 0.255 e. The molecule has 0 saturated carbocycles. The van der Waals surface area contributed by atoms with E-state index in [-0.39, 0.29) is 11.8 Å². The van der Waals surface area contributed by atoms with Crippen molar-refractivity contribution in [3.8, 4) is 0 Å². The Labute approximate surface area is 215 Å². The molecule has 184 valence electrons. The van der Waals surface area contributed by atoms with Crippen LogP contribution in [0.25, 0.3) is 11.6 Å². The number of carbonyl (C=O) groups is 2. The zero-order chi connectivity index (χ0) is 25.8. The second kappa shape index (κ2) is 10.5. The van der Waals surface area contributed by atoms with Crippen molar-refractivity contribution >= 4 is 34.8 Å². The molecule has 0 atom stereocenters. The number of amides is 2. The first-order valence-corrected chi connectivity index (χ1v) is 12.1. The maximum atomic E-state index is 14.1. The zero-order valence-corrected chi connectivity index (χ0v) is 20.2. The molecule has 5 rings (SSSR count). The molecule has 0 aliphatic carbocycles. The van der Waals surface area contributed by atoms with E-state index < -0.39 is 5.82 Å². The number of halogens is 1. The third-order valence-corrected chi connectivity index (χ3v) is 6.45. The van der Waals surface area contributed by atoms with Gasteiger partial charge in [-0.05, 0) is 71.1 Å². The fourth-order valence-corrected chi connectivity index (χ4v) is 4.49. The molecule has 4 aromatic rings. The van der Waals surface area contributed by atoms with Crippen molar-refractivity contribution in [2.24, 2.45) is 0 Å². The van der Waals surface area contributed by atoms with Crippen LogP contribution in [0, 0.1) is 5.82 Å². The number of nitrogens with one attached hydrogen (secondary N) is 1. The van der Waals surface area contributed by atoms with Gasteiger partial charge in [-0.1, -0.05) is 60.7 Å². The number of carbonyl (C=O) groups excluding carboxylic acids is 2. The lowest BCUT2D eigenvalue weighted by Gasteiger charge is -2.30. The van der Waals surface area contributed by atoms with Crippen molar-refractivity contribution in [2.75, 3.05) is 17.6 Å². The largest absolute Gasteiger partial charge is 0.397 e. The Kier molecular flexibility index (Phi) is 6.81. The summed E-state index contributed by atoms with van der Waals surface area (Å²) in [4.78, 5) is 28.4. The van der Waals surface area contributed by atoms with Crippen LogP contribution >= 0.6 is 0 Å². The Balaban J connectivity index is 1.41. The van der Waals surface area contributed by atoms with Gasteiger partial charge in [-0.15, -0.1) is 0 Å². The number of rotatable bonds is 5. The van der Waals surface area contributed by atoms with Crippen LogP contribution in [0.1, 0.15) is 32.6 Å². The molecule has 2 amide bonds. The lowest BCUT2D eigenvalue weighted by molar-refractivity contribution is -0.125. The van der Waals surface area contributed by atoms with Crippen LogP contribution in [0.2, 0.25) is 0 Å². The number of nitrogens with zero attached hydrogens (tertiary/aromatic N) is 1. The summed E-state index contributed by atoms with van der Waals surface area (Å²) in [6.07, 6.45) is 2.46. The van der Waals surface area contributed by atoms with Crippen LogP contribution in [-0.4, -0.2) is 23.3 Å². The van der Waals surface area contributed by atoms with E-state index in [0.717, 1.165) is 16.7 Å². The van der Waals surface area contributed by atoms with Crippen molar-refractivity contribution in [1.82, 2.24) is 4.90 Å². The first-order valence-electron chi connectivity index (χ1n) is 12.1. The molecule has 0 spiro atoms. The monoisotopic (exact) mass is 491 g/mol. The second-order valence-corrected chi connectivity index (χ2v) is 8.98. The molecule has 5 nitrogen and oxygen atoms in total. The highest BCUT2D eigenvalue weighted by Crippen LogP contribution is 2.27. The summed E-state index contributed by atoms with van der Waals surface area (Å²) in [6, 6.07) is 28.2. The second-order valence-electron chi connectivity index (χ2n) is 8.98. The highest BCUT2D eigenvalue weighted by Gasteiger charge is 2.25. The first kappa shape index (κ1) is 24.0. The molecule has 1 heterocycles. The molecule has 0 saturated heterocycles. The number of nitrogens with two attached hydrogens (primary N) is 1. The van der Waals surface area contributed by atoms with Crippen LogP contribution in [-0.2, 0) is 17.8 Å². The summed E-state index contributed by atoms with van der Waals surface area (Å²) in [6.45, 7) is 0.879. The predicted octanol–water partition coefficient (Wildman–Crippen LogP) is 5.79. The summed E-state index contributed by atoms with van der Waals surface area (Å²) in [7, 11) is 0. The number of fused-ring (bicyclic) bond motifs is 1. The van der Waals surface area contributed by atoms with E-state index in [9.17, 15) is 14.0 Å². The average molecular weight is 492 g/mol. The van der Waals surface area contributed by atoms with E-state index in [0.29, 0.717) is 47.6 Å². The van der Waals surface area contributed by atoms with Gasteiger partial charge in [0.2, 0.25) is 0 Å². The fourth-order valence-electron chi connectivity index (χ4n) is 4.49. The van der Waals surface area contributed by atoms with Gasteiger partial charge in [-0.2, -0.15) is 0 Å². The molecule has 0 unspecified atom stereocenters. The number of benzene rings is 4. The first-order chi connectivity index (χ1) is 18.0. The van der Waals surface area contributed by atoms with Gasteiger partial charge in [0.25, 0.3) is 11.8 Å². The third-order valence-electron chi connectivity index (χ3n) is 6.45. The minimum absolute atomic E-state index is 0.188. The highest BCUT2D eigenvalue weighted by molar-refractivity contribution is 6.24. The van der Waals surface area contributed by atoms with E-state index in [1.807, 2.05) is 48.5 Å². The van der Waals surface area contributed by atoms with Gasteiger partial charge in [0.15, 0.2) is 0 Å². The highest BCUT2D eigenvalue weighted by atomic mass is 19.1. The smallest absolute Gasteiger partial charge is 0.255 e. The molecule has 0 aromatic heterocycles. The lowest BCUT2D eigenvalue weighted by Crippen LogP contribution is -2.36. The predicted molar refractivity (Wildman–Crippen MR) is 145 cm³/mol. The molecule has 1 aliphatic heterocycles. The van der Waals surface area contributed by atoms with Crippen LogP contribution in [0.4, 0.5) is 15.8 Å². The van der Waals surface area contributed by atoms with Crippen molar-refractivity contribution < 1.29 is 14.0 Å². The topological polar surface area (TPSA) is 75.4 Å². The Morgan fingerprint density at radius 1 is 0.838 bits per heavy atom. The SMILES string of the molecule is Nc1ccccc1NC(=O)c1ccc2c(c1)CN(C(=O)/C(=C/c1ccccc1)c1cccc(F)c1)CC2. The van der Waals surface area contributed by atoms with E-state index in [4.69, 9.17) is 5.73 Å². The number of hydrogen-bond donors (Lipinski definition) is 2. The number of para-hydroxylation sites is 2. The Morgan fingerprint density at radius 3 is 2.41 bits per heavy atom. The van der Waals surface area contributed by atoms with Crippen molar-refractivity contribution in [2.45, 2.75) is 13.0 Å². The lowest BCUT2D eigenvalue weighted by atomic mass is 9.95. The van der Waals surface area contributed by atoms with Gasteiger partial charge in [-0.25, -0.2) is 4.39 Å².